The predicted octanol–water partition coefficient (Wildman–Crippen LogP) is 4.59. The van der Waals surface area contributed by atoms with Crippen molar-refractivity contribution in [1.82, 2.24) is 4.90 Å². The van der Waals surface area contributed by atoms with Gasteiger partial charge in [-0.3, -0.25) is 4.90 Å². The minimum Gasteiger partial charge on any atom is -0.455 e. The molecule has 3 heteroatoms. The highest BCUT2D eigenvalue weighted by Crippen LogP contribution is 2.18. The average Bonchev–Trinajstić information content (AvgIpc) is 2.55. The molecule has 0 bridgehead atoms. The van der Waals surface area contributed by atoms with Gasteiger partial charge in [0.25, 0.3) is 0 Å². The number of carbonyl (C=O) groups is 1. The van der Waals surface area contributed by atoms with Crippen LogP contribution in [0.2, 0.25) is 0 Å². The van der Waals surface area contributed by atoms with Gasteiger partial charge in [-0.2, -0.15) is 0 Å². The molecule has 0 aliphatic heterocycles. The van der Waals surface area contributed by atoms with Crippen LogP contribution in [0.1, 0.15) is 31.9 Å². The Morgan fingerprint density at radius 1 is 0.960 bits per heavy atom. The summed E-state index contributed by atoms with van der Waals surface area (Å²) in [5.74, 6) is -0.343. The largest absolute Gasteiger partial charge is 0.455 e. The molecule has 0 amide bonds. The van der Waals surface area contributed by atoms with Gasteiger partial charge in [-0.15, -0.1) is 0 Å². The molecule has 0 saturated heterocycles. The highest BCUT2D eigenvalue weighted by Gasteiger charge is 2.26. The maximum absolute atomic E-state index is 11.9. The monoisotopic (exact) mass is 337 g/mol. The van der Waals surface area contributed by atoms with Gasteiger partial charge in [0.2, 0.25) is 0 Å². The van der Waals surface area contributed by atoms with E-state index in [9.17, 15) is 4.79 Å². The minimum atomic E-state index is -0.598. The van der Waals surface area contributed by atoms with Gasteiger partial charge in [0.15, 0.2) is 0 Å². The van der Waals surface area contributed by atoms with Crippen LogP contribution in [0, 0.1) is 0 Å². The Bertz CT molecular complexity index is 651. The number of rotatable bonds is 8. The maximum atomic E-state index is 11.9. The number of hydrogen-bond donors (Lipinski definition) is 0. The van der Waals surface area contributed by atoms with Crippen molar-refractivity contribution in [2.24, 2.45) is 0 Å². The summed E-state index contributed by atoms with van der Waals surface area (Å²) in [6.07, 6.45) is 0. The maximum Gasteiger partial charge on any atom is 0.333 e. The fourth-order valence-electron chi connectivity index (χ4n) is 2.76. The molecule has 3 nitrogen and oxygen atoms in total. The van der Waals surface area contributed by atoms with Crippen molar-refractivity contribution in [2.75, 3.05) is 6.54 Å². The molecule has 0 aromatic heterocycles. The van der Waals surface area contributed by atoms with Crippen LogP contribution in [0.25, 0.3) is 0 Å². The van der Waals surface area contributed by atoms with Crippen LogP contribution >= 0.6 is 0 Å². The van der Waals surface area contributed by atoms with Crippen LogP contribution in [-0.2, 0) is 22.6 Å². The normalized spacial score (nSPS) is 11.4. The Kier molecular flexibility index (Phi) is 6.54. The van der Waals surface area contributed by atoms with E-state index in [1.807, 2.05) is 50.2 Å². The average molecular weight is 337 g/mol. The molecule has 0 N–H and O–H groups in total. The summed E-state index contributed by atoms with van der Waals surface area (Å²) in [5.41, 5.74) is 2.30. The van der Waals surface area contributed by atoms with Crippen molar-refractivity contribution in [1.29, 1.82) is 0 Å². The standard InChI is InChI=1S/C22H27NO2/c1-18(2)21(24)25-22(3,4)17-23(15-19-11-7-5-8-12-19)16-20-13-9-6-10-14-20/h5-14H,1,15-17H2,2-4H3. The number of hydrogen-bond acceptors (Lipinski definition) is 3. The van der Waals surface area contributed by atoms with E-state index in [-0.39, 0.29) is 5.97 Å². The van der Waals surface area contributed by atoms with E-state index in [2.05, 4.69) is 35.7 Å². The molecule has 0 heterocycles. The van der Waals surface area contributed by atoms with Crippen LogP contribution in [0.15, 0.2) is 72.8 Å². The fraction of sp³-hybridized carbons (Fsp3) is 0.318. The Balaban J connectivity index is 2.12. The first-order valence-corrected chi connectivity index (χ1v) is 8.55. The van der Waals surface area contributed by atoms with E-state index in [4.69, 9.17) is 4.74 Å². The van der Waals surface area contributed by atoms with Crippen molar-refractivity contribution >= 4 is 5.97 Å². The van der Waals surface area contributed by atoms with Crippen molar-refractivity contribution in [2.45, 2.75) is 39.5 Å². The van der Waals surface area contributed by atoms with E-state index in [1.54, 1.807) is 6.92 Å². The highest BCUT2D eigenvalue weighted by atomic mass is 16.6. The summed E-state index contributed by atoms with van der Waals surface area (Å²) in [5, 5.41) is 0. The lowest BCUT2D eigenvalue weighted by atomic mass is 10.1. The molecule has 0 aliphatic rings. The van der Waals surface area contributed by atoms with E-state index < -0.39 is 5.60 Å². The summed E-state index contributed by atoms with van der Waals surface area (Å²) >= 11 is 0. The van der Waals surface area contributed by atoms with Crippen LogP contribution in [0.5, 0.6) is 0 Å². The molecular formula is C22H27NO2. The zero-order valence-corrected chi connectivity index (χ0v) is 15.4. The zero-order chi connectivity index (χ0) is 18.3. The van der Waals surface area contributed by atoms with E-state index in [1.165, 1.54) is 11.1 Å². The smallest absolute Gasteiger partial charge is 0.333 e. The Morgan fingerprint density at radius 3 is 1.80 bits per heavy atom. The third-order valence-corrected chi connectivity index (χ3v) is 3.82. The van der Waals surface area contributed by atoms with Crippen LogP contribution in [0.3, 0.4) is 0 Å². The second-order valence-electron chi connectivity index (χ2n) is 7.05. The van der Waals surface area contributed by atoms with Crippen molar-refractivity contribution in [3.8, 4) is 0 Å². The molecule has 0 radical (unpaired) electrons. The van der Waals surface area contributed by atoms with Gasteiger partial charge in [-0.1, -0.05) is 67.2 Å². The van der Waals surface area contributed by atoms with Gasteiger partial charge in [0.1, 0.15) is 5.60 Å². The number of ether oxygens (including phenoxy) is 1. The molecule has 0 saturated carbocycles. The van der Waals surface area contributed by atoms with Crippen molar-refractivity contribution in [3.05, 3.63) is 83.9 Å². The van der Waals surface area contributed by atoms with Crippen LogP contribution in [-0.4, -0.2) is 23.0 Å². The van der Waals surface area contributed by atoms with Gasteiger partial charge >= 0.3 is 5.97 Å². The Morgan fingerprint density at radius 2 is 1.40 bits per heavy atom. The van der Waals surface area contributed by atoms with Gasteiger partial charge in [-0.25, -0.2) is 4.79 Å². The summed E-state index contributed by atoms with van der Waals surface area (Å²) < 4.78 is 5.63. The Hall–Kier alpha value is -2.39. The lowest BCUT2D eigenvalue weighted by molar-refractivity contribution is -0.153. The van der Waals surface area contributed by atoms with Crippen LogP contribution < -0.4 is 0 Å². The van der Waals surface area contributed by atoms with Crippen molar-refractivity contribution in [3.63, 3.8) is 0 Å². The third kappa shape index (κ3) is 6.55. The summed E-state index contributed by atoms with van der Waals surface area (Å²) in [4.78, 5) is 14.2. The van der Waals surface area contributed by atoms with E-state index >= 15 is 0 Å². The van der Waals surface area contributed by atoms with Gasteiger partial charge in [0, 0.05) is 25.2 Å². The molecule has 2 rings (SSSR count). The fourth-order valence-corrected chi connectivity index (χ4v) is 2.76. The first-order chi connectivity index (χ1) is 11.9. The lowest BCUT2D eigenvalue weighted by Gasteiger charge is -2.32. The summed E-state index contributed by atoms with van der Waals surface area (Å²) in [6.45, 7) is 11.4. The highest BCUT2D eigenvalue weighted by molar-refractivity contribution is 5.87. The van der Waals surface area contributed by atoms with E-state index in [0.29, 0.717) is 12.1 Å². The second-order valence-corrected chi connectivity index (χ2v) is 7.05. The molecule has 0 atom stereocenters. The Labute approximate surface area is 150 Å². The SMILES string of the molecule is C=C(C)C(=O)OC(C)(C)CN(Cc1ccccc1)Cc1ccccc1. The molecule has 25 heavy (non-hydrogen) atoms. The molecule has 2 aromatic rings. The summed E-state index contributed by atoms with van der Waals surface area (Å²) in [6, 6.07) is 20.7. The lowest BCUT2D eigenvalue weighted by Crippen LogP contribution is -2.41. The molecule has 132 valence electrons. The number of esters is 1. The predicted molar refractivity (Wildman–Crippen MR) is 102 cm³/mol. The van der Waals surface area contributed by atoms with E-state index in [0.717, 1.165) is 13.1 Å². The molecule has 0 fully saturated rings. The van der Waals surface area contributed by atoms with Gasteiger partial charge in [0.05, 0.1) is 0 Å². The molecule has 0 spiro atoms. The topological polar surface area (TPSA) is 29.5 Å². The first-order valence-electron chi connectivity index (χ1n) is 8.55. The van der Waals surface area contributed by atoms with Gasteiger partial charge < -0.3 is 4.74 Å². The quantitative estimate of drug-likeness (QED) is 0.521. The second kappa shape index (κ2) is 8.63. The third-order valence-electron chi connectivity index (χ3n) is 3.82. The number of benzene rings is 2. The number of nitrogens with zero attached hydrogens (tertiary/aromatic N) is 1. The first kappa shape index (κ1) is 18.9. The molecular weight excluding hydrogens is 310 g/mol. The summed E-state index contributed by atoms with van der Waals surface area (Å²) in [7, 11) is 0. The molecule has 0 unspecified atom stereocenters. The zero-order valence-electron chi connectivity index (χ0n) is 15.4. The van der Waals surface area contributed by atoms with Gasteiger partial charge in [-0.05, 0) is 31.9 Å². The number of carbonyl (C=O) groups excluding carboxylic acids is 1. The molecule has 0 aliphatic carbocycles. The minimum absolute atomic E-state index is 0.343. The van der Waals surface area contributed by atoms with Crippen molar-refractivity contribution < 1.29 is 9.53 Å². The molecule has 2 aromatic carbocycles. The van der Waals surface area contributed by atoms with Crippen LogP contribution in [0.4, 0.5) is 0 Å².